The van der Waals surface area contributed by atoms with Crippen LogP contribution >= 0.6 is 0 Å². The lowest BCUT2D eigenvalue weighted by atomic mass is 9.90. The number of likely N-dealkylation sites (tertiary alicyclic amines) is 1. The van der Waals surface area contributed by atoms with Crippen molar-refractivity contribution in [2.75, 3.05) is 19.6 Å². The van der Waals surface area contributed by atoms with E-state index in [1.807, 2.05) is 0 Å². The Morgan fingerprint density at radius 2 is 2.11 bits per heavy atom. The van der Waals surface area contributed by atoms with Crippen molar-refractivity contribution in [2.45, 2.75) is 58.4 Å². The molecule has 2 rings (SSSR count). The molecule has 2 fully saturated rings. The number of carbonyl (C=O) groups excluding carboxylic acids is 1. The van der Waals surface area contributed by atoms with Crippen LogP contribution in [0.4, 0.5) is 0 Å². The fourth-order valence-electron chi connectivity index (χ4n) is 3.45. The molecule has 104 valence electrons. The second-order valence-electron chi connectivity index (χ2n) is 6.03. The van der Waals surface area contributed by atoms with Gasteiger partial charge in [-0.1, -0.05) is 26.7 Å². The summed E-state index contributed by atoms with van der Waals surface area (Å²) in [5.74, 6) is 1.87. The summed E-state index contributed by atoms with van der Waals surface area (Å²) in [7, 11) is 0. The average molecular weight is 252 g/mol. The second-order valence-corrected chi connectivity index (χ2v) is 6.03. The molecule has 0 saturated carbocycles. The Balaban J connectivity index is 1.84. The van der Waals surface area contributed by atoms with Gasteiger partial charge in [-0.15, -0.1) is 0 Å². The van der Waals surface area contributed by atoms with Gasteiger partial charge < -0.3 is 10.2 Å². The molecule has 2 heterocycles. The Morgan fingerprint density at radius 1 is 1.28 bits per heavy atom. The molecule has 0 aromatic rings. The molecular formula is C15H28N2O. The number of carbonyl (C=O) groups is 1. The molecule has 1 N–H and O–H groups in total. The van der Waals surface area contributed by atoms with Crippen LogP contribution in [-0.4, -0.2) is 36.5 Å². The lowest BCUT2D eigenvalue weighted by Crippen LogP contribution is -2.49. The summed E-state index contributed by atoms with van der Waals surface area (Å²) < 4.78 is 0. The minimum Gasteiger partial charge on any atom is -0.341 e. The third-order valence-electron chi connectivity index (χ3n) is 4.68. The van der Waals surface area contributed by atoms with E-state index < -0.39 is 0 Å². The van der Waals surface area contributed by atoms with Crippen LogP contribution in [0, 0.1) is 11.8 Å². The van der Waals surface area contributed by atoms with Gasteiger partial charge in [0.05, 0.1) is 6.04 Å². The molecule has 0 radical (unpaired) electrons. The van der Waals surface area contributed by atoms with Gasteiger partial charge >= 0.3 is 0 Å². The molecule has 3 heteroatoms. The third-order valence-corrected chi connectivity index (χ3v) is 4.68. The van der Waals surface area contributed by atoms with Crippen molar-refractivity contribution in [1.82, 2.24) is 10.2 Å². The SMILES string of the molecule is CCCC1CCN(C(=O)C2CC(CC)CCN2)C1. The van der Waals surface area contributed by atoms with Crippen molar-refractivity contribution in [1.29, 1.82) is 0 Å². The van der Waals surface area contributed by atoms with E-state index in [2.05, 4.69) is 24.1 Å². The molecule has 3 atom stereocenters. The van der Waals surface area contributed by atoms with E-state index in [1.165, 1.54) is 32.1 Å². The molecule has 0 aromatic heterocycles. The molecule has 2 saturated heterocycles. The smallest absolute Gasteiger partial charge is 0.239 e. The van der Waals surface area contributed by atoms with Gasteiger partial charge in [-0.25, -0.2) is 0 Å². The Labute approximate surface area is 111 Å². The third kappa shape index (κ3) is 3.25. The quantitative estimate of drug-likeness (QED) is 0.833. The minimum atomic E-state index is 0.101. The van der Waals surface area contributed by atoms with E-state index in [4.69, 9.17) is 0 Å². The summed E-state index contributed by atoms with van der Waals surface area (Å²) in [6, 6.07) is 0.101. The van der Waals surface area contributed by atoms with Crippen LogP contribution in [0.25, 0.3) is 0 Å². The van der Waals surface area contributed by atoms with Crippen molar-refractivity contribution in [3.63, 3.8) is 0 Å². The fraction of sp³-hybridized carbons (Fsp3) is 0.933. The Bertz CT molecular complexity index is 280. The van der Waals surface area contributed by atoms with Gasteiger partial charge in [-0.3, -0.25) is 4.79 Å². The molecule has 0 aliphatic carbocycles. The average Bonchev–Trinajstić information content (AvgIpc) is 2.87. The first kappa shape index (κ1) is 13.9. The van der Waals surface area contributed by atoms with E-state index in [9.17, 15) is 4.79 Å². The van der Waals surface area contributed by atoms with Crippen LogP contribution in [0.2, 0.25) is 0 Å². The van der Waals surface area contributed by atoms with Crippen LogP contribution in [0.3, 0.4) is 0 Å². The standard InChI is InChI=1S/C15H28N2O/c1-3-5-13-7-9-17(11-13)15(18)14-10-12(4-2)6-8-16-14/h12-14,16H,3-11H2,1-2H3. The Morgan fingerprint density at radius 3 is 2.83 bits per heavy atom. The highest BCUT2D eigenvalue weighted by atomic mass is 16.2. The molecule has 1 amide bonds. The monoisotopic (exact) mass is 252 g/mol. The highest BCUT2D eigenvalue weighted by Gasteiger charge is 2.32. The molecule has 0 spiro atoms. The van der Waals surface area contributed by atoms with Crippen molar-refractivity contribution in [2.24, 2.45) is 11.8 Å². The number of amides is 1. The summed E-state index contributed by atoms with van der Waals surface area (Å²) >= 11 is 0. The van der Waals surface area contributed by atoms with Crippen LogP contribution in [-0.2, 0) is 4.79 Å². The van der Waals surface area contributed by atoms with Crippen LogP contribution in [0.1, 0.15) is 52.4 Å². The van der Waals surface area contributed by atoms with Gasteiger partial charge in [0.1, 0.15) is 0 Å². The number of nitrogens with zero attached hydrogens (tertiary/aromatic N) is 1. The molecule has 18 heavy (non-hydrogen) atoms. The van der Waals surface area contributed by atoms with Gasteiger partial charge in [-0.2, -0.15) is 0 Å². The number of piperidine rings is 1. The largest absolute Gasteiger partial charge is 0.341 e. The molecule has 3 unspecified atom stereocenters. The Kier molecular flexibility index (Phi) is 5.04. The summed E-state index contributed by atoms with van der Waals surface area (Å²) in [4.78, 5) is 14.6. The first-order valence-corrected chi connectivity index (χ1v) is 7.76. The zero-order chi connectivity index (χ0) is 13.0. The van der Waals surface area contributed by atoms with Gasteiger partial charge in [0.25, 0.3) is 0 Å². The van der Waals surface area contributed by atoms with E-state index >= 15 is 0 Å². The molecule has 3 nitrogen and oxygen atoms in total. The topological polar surface area (TPSA) is 32.3 Å². The predicted molar refractivity (Wildman–Crippen MR) is 74.4 cm³/mol. The molecule has 0 bridgehead atoms. The Hall–Kier alpha value is -0.570. The summed E-state index contributed by atoms with van der Waals surface area (Å²) in [5, 5.41) is 3.42. The maximum Gasteiger partial charge on any atom is 0.239 e. The highest BCUT2D eigenvalue weighted by Crippen LogP contribution is 2.25. The van der Waals surface area contributed by atoms with Crippen molar-refractivity contribution < 1.29 is 4.79 Å². The van der Waals surface area contributed by atoms with E-state index in [0.29, 0.717) is 5.91 Å². The number of rotatable bonds is 4. The second kappa shape index (κ2) is 6.55. The first-order chi connectivity index (χ1) is 8.74. The highest BCUT2D eigenvalue weighted by molar-refractivity contribution is 5.82. The lowest BCUT2D eigenvalue weighted by molar-refractivity contribution is -0.133. The zero-order valence-corrected chi connectivity index (χ0v) is 12.0. The van der Waals surface area contributed by atoms with E-state index in [0.717, 1.165) is 37.9 Å². The summed E-state index contributed by atoms with van der Waals surface area (Å²) in [6.45, 7) is 7.48. The normalized spacial score (nSPS) is 32.8. The summed E-state index contributed by atoms with van der Waals surface area (Å²) in [5.41, 5.74) is 0. The van der Waals surface area contributed by atoms with E-state index in [1.54, 1.807) is 0 Å². The summed E-state index contributed by atoms with van der Waals surface area (Å²) in [6.07, 6.45) is 7.22. The zero-order valence-electron chi connectivity index (χ0n) is 12.0. The molecule has 2 aliphatic rings. The molecule has 0 aromatic carbocycles. The van der Waals surface area contributed by atoms with Gasteiger partial charge in [0.15, 0.2) is 0 Å². The maximum atomic E-state index is 12.5. The first-order valence-electron chi connectivity index (χ1n) is 7.76. The number of hydrogen-bond acceptors (Lipinski definition) is 2. The van der Waals surface area contributed by atoms with Crippen LogP contribution in [0.5, 0.6) is 0 Å². The van der Waals surface area contributed by atoms with Crippen LogP contribution in [0.15, 0.2) is 0 Å². The van der Waals surface area contributed by atoms with Gasteiger partial charge in [0.2, 0.25) is 5.91 Å². The maximum absolute atomic E-state index is 12.5. The lowest BCUT2D eigenvalue weighted by Gasteiger charge is -2.31. The van der Waals surface area contributed by atoms with Crippen molar-refractivity contribution >= 4 is 5.91 Å². The van der Waals surface area contributed by atoms with Gasteiger partial charge in [-0.05, 0) is 44.1 Å². The molecular weight excluding hydrogens is 224 g/mol. The van der Waals surface area contributed by atoms with Gasteiger partial charge in [0, 0.05) is 13.1 Å². The fourth-order valence-corrected chi connectivity index (χ4v) is 3.45. The molecule has 2 aliphatic heterocycles. The van der Waals surface area contributed by atoms with Crippen molar-refractivity contribution in [3.8, 4) is 0 Å². The van der Waals surface area contributed by atoms with Crippen molar-refractivity contribution in [3.05, 3.63) is 0 Å². The van der Waals surface area contributed by atoms with Crippen LogP contribution < -0.4 is 5.32 Å². The van der Waals surface area contributed by atoms with E-state index in [-0.39, 0.29) is 6.04 Å². The number of nitrogens with one attached hydrogen (secondary N) is 1. The predicted octanol–water partition coefficient (Wildman–Crippen LogP) is 2.41. The minimum absolute atomic E-state index is 0.101. The number of hydrogen-bond donors (Lipinski definition) is 1.